The maximum atomic E-state index is 5.42. The minimum absolute atomic E-state index is 0.571. The maximum Gasteiger partial charge on any atom is 0.191 e. The average molecular weight is 367 g/mol. The van der Waals surface area contributed by atoms with Crippen LogP contribution in [0.15, 0.2) is 58.1 Å². The first kappa shape index (κ1) is 18.1. The Bertz CT molecular complexity index is 707. The second kappa shape index (κ2) is 9.06. The molecule has 3 fully saturated rings. The highest BCUT2D eigenvalue weighted by Gasteiger charge is 2.31. The van der Waals surface area contributed by atoms with Gasteiger partial charge in [0.2, 0.25) is 0 Å². The van der Waals surface area contributed by atoms with Crippen LogP contribution in [-0.2, 0) is 13.0 Å². The normalized spacial score (nSPS) is 24.7. The molecule has 27 heavy (non-hydrogen) atoms. The minimum atomic E-state index is 0.571. The lowest BCUT2D eigenvalue weighted by atomic mass is 10.1. The number of hydrogen-bond acceptors (Lipinski definition) is 4. The molecule has 0 radical (unpaired) electrons. The van der Waals surface area contributed by atoms with Gasteiger partial charge in [-0.25, -0.2) is 4.99 Å². The number of hydrogen-bond donors (Lipinski definition) is 2. The lowest BCUT2D eigenvalue weighted by Crippen LogP contribution is -2.63. The third-order valence-corrected chi connectivity index (χ3v) is 5.40. The van der Waals surface area contributed by atoms with Gasteiger partial charge in [-0.1, -0.05) is 30.3 Å². The molecule has 3 saturated heterocycles. The van der Waals surface area contributed by atoms with E-state index < -0.39 is 0 Å². The van der Waals surface area contributed by atoms with Gasteiger partial charge < -0.3 is 15.1 Å². The quantitative estimate of drug-likeness (QED) is 0.575. The van der Waals surface area contributed by atoms with E-state index in [2.05, 4.69) is 44.7 Å². The summed E-state index contributed by atoms with van der Waals surface area (Å²) in [5.41, 5.74) is 1.22. The van der Waals surface area contributed by atoms with Crippen LogP contribution < -0.4 is 10.6 Å². The molecule has 1 atom stereocenters. The summed E-state index contributed by atoms with van der Waals surface area (Å²) >= 11 is 0. The molecular formula is C21H29N5O. The van der Waals surface area contributed by atoms with E-state index in [-0.39, 0.29) is 0 Å². The van der Waals surface area contributed by atoms with E-state index in [4.69, 9.17) is 9.41 Å². The number of rotatable bonds is 7. The molecular weight excluding hydrogens is 338 g/mol. The highest BCUT2D eigenvalue weighted by atomic mass is 16.3. The van der Waals surface area contributed by atoms with Gasteiger partial charge in [-0.05, 0) is 17.7 Å². The summed E-state index contributed by atoms with van der Waals surface area (Å²) in [7, 11) is 0. The van der Waals surface area contributed by atoms with Crippen molar-refractivity contribution in [3.8, 4) is 0 Å². The number of aliphatic imine (C=N–C) groups is 1. The average Bonchev–Trinajstić information content (AvgIpc) is 3.25. The standard InChI is InChI=1S/C21H29N5O/c1-2-5-18(6-3-1)15-23-21(22-9-8-20-7-4-14-27-20)24-16-19-17-25-10-12-26(19)13-11-25/h1-7,14,19H,8-13,15-17H2,(H2,22,23,24). The number of guanidine groups is 1. The van der Waals surface area contributed by atoms with Crippen LogP contribution in [0.3, 0.4) is 0 Å². The van der Waals surface area contributed by atoms with Crippen molar-refractivity contribution in [2.24, 2.45) is 4.99 Å². The lowest BCUT2D eigenvalue weighted by Gasteiger charge is -2.47. The summed E-state index contributed by atoms with van der Waals surface area (Å²) in [6, 6.07) is 14.9. The molecule has 3 aliphatic heterocycles. The van der Waals surface area contributed by atoms with Crippen LogP contribution >= 0.6 is 0 Å². The van der Waals surface area contributed by atoms with Crippen LogP contribution in [0, 0.1) is 0 Å². The van der Waals surface area contributed by atoms with Gasteiger partial charge in [-0.3, -0.25) is 9.80 Å². The second-order valence-electron chi connectivity index (χ2n) is 7.28. The third-order valence-electron chi connectivity index (χ3n) is 5.40. The topological polar surface area (TPSA) is 56.0 Å². The van der Waals surface area contributed by atoms with Crippen molar-refractivity contribution in [3.63, 3.8) is 0 Å². The first-order chi connectivity index (χ1) is 13.4. The Balaban J connectivity index is 1.32. The minimum Gasteiger partial charge on any atom is -0.469 e. The Kier molecular flexibility index (Phi) is 6.06. The van der Waals surface area contributed by atoms with Crippen molar-refractivity contribution in [1.29, 1.82) is 0 Å². The third kappa shape index (κ3) is 5.11. The predicted molar refractivity (Wildman–Crippen MR) is 108 cm³/mol. The van der Waals surface area contributed by atoms with Gasteiger partial charge in [0.1, 0.15) is 5.76 Å². The van der Waals surface area contributed by atoms with Crippen molar-refractivity contribution in [1.82, 2.24) is 20.4 Å². The van der Waals surface area contributed by atoms with E-state index in [1.54, 1.807) is 6.26 Å². The molecule has 2 aromatic rings. The molecule has 0 saturated carbocycles. The van der Waals surface area contributed by atoms with E-state index in [1.165, 1.54) is 31.7 Å². The monoisotopic (exact) mass is 367 g/mol. The Morgan fingerprint density at radius 3 is 2.59 bits per heavy atom. The van der Waals surface area contributed by atoms with Crippen molar-refractivity contribution in [2.75, 3.05) is 45.8 Å². The summed E-state index contributed by atoms with van der Waals surface area (Å²) in [6.45, 7) is 8.37. The zero-order valence-corrected chi connectivity index (χ0v) is 15.8. The number of fused-ring (bicyclic) bond motifs is 3. The van der Waals surface area contributed by atoms with E-state index in [0.29, 0.717) is 12.6 Å². The van der Waals surface area contributed by atoms with Crippen molar-refractivity contribution in [2.45, 2.75) is 19.0 Å². The van der Waals surface area contributed by atoms with Gasteiger partial charge >= 0.3 is 0 Å². The van der Waals surface area contributed by atoms with Crippen molar-refractivity contribution < 1.29 is 4.42 Å². The van der Waals surface area contributed by atoms with E-state index in [0.717, 1.165) is 37.8 Å². The smallest absolute Gasteiger partial charge is 0.191 e. The van der Waals surface area contributed by atoms with Gasteiger partial charge in [0.25, 0.3) is 0 Å². The second-order valence-corrected chi connectivity index (χ2v) is 7.28. The fraction of sp³-hybridized carbons (Fsp3) is 0.476. The number of nitrogens with zero attached hydrogens (tertiary/aromatic N) is 3. The summed E-state index contributed by atoms with van der Waals surface area (Å²) in [6.07, 6.45) is 2.57. The SMILES string of the molecule is c1ccc(CN=C(NCCc2ccco2)NCC2CN3CCN2CC3)cc1. The molecule has 1 aromatic heterocycles. The number of piperazine rings is 3. The summed E-state index contributed by atoms with van der Waals surface area (Å²) in [5, 5.41) is 7.02. The van der Waals surface area contributed by atoms with Gasteiger partial charge in [-0.15, -0.1) is 0 Å². The predicted octanol–water partition coefficient (Wildman–Crippen LogP) is 1.56. The van der Waals surface area contributed by atoms with Crippen LogP contribution in [-0.4, -0.2) is 67.6 Å². The highest BCUT2D eigenvalue weighted by Crippen LogP contribution is 2.14. The Hall–Kier alpha value is -2.31. The molecule has 2 bridgehead atoms. The molecule has 0 amide bonds. The molecule has 3 aliphatic rings. The van der Waals surface area contributed by atoms with Crippen LogP contribution in [0.2, 0.25) is 0 Å². The number of nitrogens with one attached hydrogen (secondary N) is 2. The van der Waals surface area contributed by atoms with E-state index in [9.17, 15) is 0 Å². The van der Waals surface area contributed by atoms with Crippen LogP contribution in [0.25, 0.3) is 0 Å². The zero-order chi connectivity index (χ0) is 18.3. The number of benzene rings is 1. The molecule has 1 unspecified atom stereocenters. The van der Waals surface area contributed by atoms with Gasteiger partial charge in [0.15, 0.2) is 5.96 Å². The molecule has 0 aliphatic carbocycles. The molecule has 2 N–H and O–H groups in total. The van der Waals surface area contributed by atoms with Crippen molar-refractivity contribution >= 4 is 5.96 Å². The zero-order valence-electron chi connectivity index (χ0n) is 15.8. The van der Waals surface area contributed by atoms with Crippen LogP contribution in [0.4, 0.5) is 0 Å². The molecule has 4 heterocycles. The highest BCUT2D eigenvalue weighted by molar-refractivity contribution is 5.79. The molecule has 6 nitrogen and oxygen atoms in total. The molecule has 5 rings (SSSR count). The number of furan rings is 1. The maximum absolute atomic E-state index is 5.42. The molecule has 6 heteroatoms. The summed E-state index contributed by atoms with van der Waals surface area (Å²) < 4.78 is 5.42. The van der Waals surface area contributed by atoms with Gasteiger partial charge in [0.05, 0.1) is 12.8 Å². The van der Waals surface area contributed by atoms with Gasteiger partial charge in [-0.2, -0.15) is 0 Å². The summed E-state index contributed by atoms with van der Waals surface area (Å²) in [5.74, 6) is 1.87. The lowest BCUT2D eigenvalue weighted by molar-refractivity contribution is 0.0154. The van der Waals surface area contributed by atoms with Crippen LogP contribution in [0.5, 0.6) is 0 Å². The molecule has 144 valence electrons. The summed E-state index contributed by atoms with van der Waals surface area (Å²) in [4.78, 5) is 9.96. The molecule has 0 spiro atoms. The Labute approximate surface area is 161 Å². The van der Waals surface area contributed by atoms with Crippen molar-refractivity contribution in [3.05, 3.63) is 60.1 Å². The van der Waals surface area contributed by atoms with Crippen LogP contribution in [0.1, 0.15) is 11.3 Å². The fourth-order valence-electron chi connectivity index (χ4n) is 3.82. The molecule has 1 aromatic carbocycles. The Morgan fingerprint density at radius 2 is 1.89 bits per heavy atom. The fourth-order valence-corrected chi connectivity index (χ4v) is 3.82. The van der Waals surface area contributed by atoms with Gasteiger partial charge in [0, 0.05) is 58.3 Å². The van der Waals surface area contributed by atoms with E-state index >= 15 is 0 Å². The first-order valence-electron chi connectivity index (χ1n) is 9.92. The van der Waals surface area contributed by atoms with E-state index in [1.807, 2.05) is 18.2 Å². The first-order valence-corrected chi connectivity index (χ1v) is 9.92. The largest absolute Gasteiger partial charge is 0.469 e. The Morgan fingerprint density at radius 1 is 1.04 bits per heavy atom.